The van der Waals surface area contributed by atoms with Gasteiger partial charge in [0.15, 0.2) is 11.0 Å². The van der Waals surface area contributed by atoms with Crippen molar-refractivity contribution in [3.63, 3.8) is 0 Å². The first-order valence-electron chi connectivity index (χ1n) is 4.23. The van der Waals surface area contributed by atoms with Crippen LogP contribution in [0.25, 0.3) is 0 Å². The van der Waals surface area contributed by atoms with Crippen LogP contribution in [0.15, 0.2) is 6.20 Å². The Kier molecular flexibility index (Phi) is 5.22. The van der Waals surface area contributed by atoms with Gasteiger partial charge in [-0.15, -0.1) is 0 Å². The van der Waals surface area contributed by atoms with E-state index in [1.165, 1.54) is 6.20 Å². The first kappa shape index (κ1) is 12.6. The average molecular weight is 340 g/mol. The smallest absolute Gasteiger partial charge is 0.166 e. The Morgan fingerprint density at radius 3 is 3.07 bits per heavy atom. The van der Waals surface area contributed by atoms with Gasteiger partial charge in [-0.3, -0.25) is 0 Å². The van der Waals surface area contributed by atoms with Gasteiger partial charge in [0.05, 0.1) is 6.07 Å². The molecule has 3 nitrogen and oxygen atoms in total. The molecule has 6 heteroatoms. The quantitative estimate of drug-likeness (QED) is 0.521. The average Bonchev–Trinajstić information content (AvgIpc) is 2.23. The number of rotatable bonds is 4. The summed E-state index contributed by atoms with van der Waals surface area (Å²) < 4.78 is 14.2. The lowest BCUT2D eigenvalue weighted by molar-refractivity contribution is 0.582. The minimum absolute atomic E-state index is 0.118. The molecule has 0 aliphatic carbocycles. The Bertz CT molecular complexity index is 392. The normalized spacial score (nSPS) is 10.0. The Hall–Kier alpha value is -0.450. The van der Waals surface area contributed by atoms with Crippen molar-refractivity contribution in [2.75, 3.05) is 6.54 Å². The predicted octanol–water partition coefficient (Wildman–Crippen LogP) is 2.48. The lowest BCUT2D eigenvalue weighted by Crippen LogP contribution is -2.16. The number of hydrogen-bond donors (Lipinski definition) is 1. The molecule has 0 unspecified atom stereocenters. The molecule has 80 valence electrons. The van der Waals surface area contributed by atoms with E-state index in [-0.39, 0.29) is 5.15 Å². The minimum Gasteiger partial charge on any atom is -0.312 e. The summed E-state index contributed by atoms with van der Waals surface area (Å²) in [5.74, 6) is -0.493. The molecule has 0 saturated carbocycles. The molecule has 0 aromatic carbocycles. The number of hydrogen-bond acceptors (Lipinski definition) is 3. The van der Waals surface area contributed by atoms with Gasteiger partial charge < -0.3 is 5.32 Å². The Balaban J connectivity index is 2.68. The minimum atomic E-state index is -0.493. The second-order valence-corrected chi connectivity index (χ2v) is 4.29. The van der Waals surface area contributed by atoms with Crippen LogP contribution in [0.2, 0.25) is 5.15 Å². The fourth-order valence-electron chi connectivity index (χ4n) is 0.997. The van der Waals surface area contributed by atoms with Crippen molar-refractivity contribution >= 4 is 34.2 Å². The summed E-state index contributed by atoms with van der Waals surface area (Å²) in [7, 11) is 0. The highest BCUT2D eigenvalue weighted by molar-refractivity contribution is 14.1. The van der Waals surface area contributed by atoms with Crippen LogP contribution in [0, 0.1) is 20.7 Å². The zero-order valence-electron chi connectivity index (χ0n) is 7.73. The fourth-order valence-corrected chi connectivity index (χ4v) is 1.73. The first-order valence-corrected chi connectivity index (χ1v) is 5.68. The SMILES string of the molecule is N#CCCNCc1c(I)cnc(Cl)c1F. The fraction of sp³-hybridized carbons (Fsp3) is 0.333. The van der Waals surface area contributed by atoms with E-state index in [1.807, 2.05) is 28.7 Å². The molecule has 0 saturated heterocycles. The standard InChI is InChI=1S/C9H8ClFIN3/c10-9-8(11)6(7(12)5-15-9)4-14-3-1-2-13/h5,14H,1,3-4H2. The maximum absolute atomic E-state index is 13.5. The lowest BCUT2D eigenvalue weighted by atomic mass is 10.2. The Morgan fingerprint density at radius 1 is 1.67 bits per heavy atom. The summed E-state index contributed by atoms with van der Waals surface area (Å²) in [5, 5.41) is 11.2. The molecule has 0 fully saturated rings. The van der Waals surface area contributed by atoms with Gasteiger partial charge in [-0.2, -0.15) is 5.26 Å². The maximum Gasteiger partial charge on any atom is 0.166 e. The molecule has 0 spiro atoms. The van der Waals surface area contributed by atoms with Gasteiger partial charge in [0.2, 0.25) is 0 Å². The number of pyridine rings is 1. The number of nitriles is 1. The molecule has 1 rings (SSSR count). The van der Waals surface area contributed by atoms with Gasteiger partial charge >= 0.3 is 0 Å². The van der Waals surface area contributed by atoms with Crippen molar-refractivity contribution in [2.24, 2.45) is 0 Å². The third-order valence-corrected chi connectivity index (χ3v) is 2.93. The van der Waals surface area contributed by atoms with Crippen molar-refractivity contribution in [3.8, 4) is 6.07 Å². The molecule has 0 atom stereocenters. The summed E-state index contributed by atoms with van der Waals surface area (Å²) in [5.41, 5.74) is 0.494. The second kappa shape index (κ2) is 6.20. The van der Waals surface area contributed by atoms with Crippen molar-refractivity contribution in [3.05, 3.63) is 26.3 Å². The van der Waals surface area contributed by atoms with E-state index >= 15 is 0 Å². The van der Waals surface area contributed by atoms with Crippen molar-refractivity contribution in [2.45, 2.75) is 13.0 Å². The van der Waals surface area contributed by atoms with Gasteiger partial charge in [0, 0.05) is 34.8 Å². The summed E-state index contributed by atoms with van der Waals surface area (Å²) in [6.07, 6.45) is 1.92. The molecule has 0 aliphatic heterocycles. The molecule has 1 N–H and O–H groups in total. The van der Waals surface area contributed by atoms with Crippen LogP contribution in [-0.2, 0) is 6.54 Å². The molecule has 0 aliphatic rings. The molecule has 0 amide bonds. The Labute approximate surface area is 106 Å². The van der Waals surface area contributed by atoms with Crippen LogP contribution in [-0.4, -0.2) is 11.5 Å². The van der Waals surface area contributed by atoms with E-state index in [0.29, 0.717) is 25.1 Å². The van der Waals surface area contributed by atoms with E-state index < -0.39 is 5.82 Å². The van der Waals surface area contributed by atoms with Crippen LogP contribution in [0.4, 0.5) is 4.39 Å². The van der Waals surface area contributed by atoms with E-state index in [1.54, 1.807) is 0 Å². The third-order valence-electron chi connectivity index (χ3n) is 1.74. The van der Waals surface area contributed by atoms with Crippen LogP contribution in [0.3, 0.4) is 0 Å². The highest BCUT2D eigenvalue weighted by Crippen LogP contribution is 2.20. The monoisotopic (exact) mass is 339 g/mol. The van der Waals surface area contributed by atoms with Crippen LogP contribution < -0.4 is 5.32 Å². The van der Waals surface area contributed by atoms with Crippen molar-refractivity contribution < 1.29 is 4.39 Å². The molecular formula is C9H8ClFIN3. The summed E-state index contributed by atoms with van der Waals surface area (Å²) in [6, 6.07) is 2.00. The molecular weight excluding hydrogens is 331 g/mol. The molecule has 0 radical (unpaired) electrons. The topological polar surface area (TPSA) is 48.7 Å². The van der Waals surface area contributed by atoms with Gasteiger partial charge in [0.1, 0.15) is 0 Å². The number of halogens is 3. The summed E-state index contributed by atoms with van der Waals surface area (Å²) in [6.45, 7) is 0.889. The van der Waals surface area contributed by atoms with Crippen LogP contribution in [0.5, 0.6) is 0 Å². The first-order chi connectivity index (χ1) is 7.16. The van der Waals surface area contributed by atoms with Crippen LogP contribution >= 0.6 is 34.2 Å². The predicted molar refractivity (Wildman–Crippen MR) is 63.9 cm³/mol. The second-order valence-electron chi connectivity index (χ2n) is 2.77. The van der Waals surface area contributed by atoms with Crippen LogP contribution in [0.1, 0.15) is 12.0 Å². The number of aromatic nitrogens is 1. The van der Waals surface area contributed by atoms with E-state index in [2.05, 4.69) is 10.3 Å². The highest BCUT2D eigenvalue weighted by atomic mass is 127. The van der Waals surface area contributed by atoms with Gasteiger partial charge in [-0.1, -0.05) is 11.6 Å². The number of nitrogens with zero attached hydrogens (tertiary/aromatic N) is 2. The van der Waals surface area contributed by atoms with E-state index in [4.69, 9.17) is 16.9 Å². The van der Waals surface area contributed by atoms with Gasteiger partial charge in [-0.25, -0.2) is 9.37 Å². The molecule has 1 aromatic rings. The van der Waals surface area contributed by atoms with Gasteiger partial charge in [0.25, 0.3) is 0 Å². The molecule has 15 heavy (non-hydrogen) atoms. The largest absolute Gasteiger partial charge is 0.312 e. The lowest BCUT2D eigenvalue weighted by Gasteiger charge is -2.07. The Morgan fingerprint density at radius 2 is 2.40 bits per heavy atom. The zero-order chi connectivity index (χ0) is 11.3. The number of nitrogens with one attached hydrogen (secondary N) is 1. The molecule has 0 bridgehead atoms. The van der Waals surface area contributed by atoms with Crippen molar-refractivity contribution in [1.29, 1.82) is 5.26 Å². The van der Waals surface area contributed by atoms with E-state index in [9.17, 15) is 4.39 Å². The zero-order valence-corrected chi connectivity index (χ0v) is 10.6. The summed E-state index contributed by atoms with van der Waals surface area (Å²) >= 11 is 7.55. The molecule has 1 aromatic heterocycles. The van der Waals surface area contributed by atoms with Gasteiger partial charge in [-0.05, 0) is 22.6 Å². The molecule has 1 heterocycles. The van der Waals surface area contributed by atoms with E-state index in [0.717, 1.165) is 3.57 Å². The van der Waals surface area contributed by atoms with Crippen molar-refractivity contribution in [1.82, 2.24) is 10.3 Å². The maximum atomic E-state index is 13.5. The third kappa shape index (κ3) is 3.55. The summed E-state index contributed by atoms with van der Waals surface area (Å²) in [4.78, 5) is 3.69. The highest BCUT2D eigenvalue weighted by Gasteiger charge is 2.11.